The number of amides is 1. The van der Waals surface area contributed by atoms with E-state index in [0.717, 1.165) is 22.9 Å². The topological polar surface area (TPSA) is 108 Å². The van der Waals surface area contributed by atoms with Gasteiger partial charge in [0, 0.05) is 30.1 Å². The van der Waals surface area contributed by atoms with Crippen molar-refractivity contribution in [3.8, 4) is 0 Å². The summed E-state index contributed by atoms with van der Waals surface area (Å²) in [7, 11) is 0. The third-order valence-electron chi connectivity index (χ3n) is 3.39. The van der Waals surface area contributed by atoms with Crippen LogP contribution in [0.3, 0.4) is 0 Å². The van der Waals surface area contributed by atoms with Gasteiger partial charge >= 0.3 is 5.97 Å². The molecule has 0 saturated heterocycles. The Morgan fingerprint density at radius 2 is 2.10 bits per heavy atom. The molecule has 2 rings (SSSR count). The van der Waals surface area contributed by atoms with E-state index >= 15 is 0 Å². The van der Waals surface area contributed by atoms with Crippen LogP contribution in [0.25, 0.3) is 10.9 Å². The second-order valence-corrected chi connectivity index (χ2v) is 4.94. The quantitative estimate of drug-likeness (QED) is 0.610. The molecule has 0 aliphatic rings. The number of hydrogen-bond donors (Lipinski definition) is 4. The normalized spacial score (nSPS) is 12.2. The Hall–Kier alpha value is -2.34. The van der Waals surface area contributed by atoms with Crippen molar-refractivity contribution in [2.45, 2.75) is 25.3 Å². The van der Waals surface area contributed by atoms with Crippen LogP contribution in [0.1, 0.15) is 18.4 Å². The van der Waals surface area contributed by atoms with Gasteiger partial charge in [-0.15, -0.1) is 0 Å². The van der Waals surface area contributed by atoms with Crippen molar-refractivity contribution >= 4 is 22.8 Å². The van der Waals surface area contributed by atoms with Crippen LogP contribution in [0.5, 0.6) is 0 Å². The first kappa shape index (κ1) is 15.1. The number of nitrogens with one attached hydrogen (secondary N) is 2. The number of hydrogen-bond acceptors (Lipinski definition) is 3. The van der Waals surface area contributed by atoms with Gasteiger partial charge in [-0.25, -0.2) is 0 Å². The van der Waals surface area contributed by atoms with Crippen molar-refractivity contribution < 1.29 is 14.7 Å². The van der Waals surface area contributed by atoms with Gasteiger partial charge in [0.15, 0.2) is 0 Å². The Morgan fingerprint density at radius 1 is 1.33 bits per heavy atom. The van der Waals surface area contributed by atoms with Crippen molar-refractivity contribution in [3.63, 3.8) is 0 Å². The van der Waals surface area contributed by atoms with E-state index in [1.165, 1.54) is 0 Å². The maximum absolute atomic E-state index is 11.6. The number of carbonyl (C=O) groups excluding carboxylic acids is 1. The summed E-state index contributed by atoms with van der Waals surface area (Å²) in [5.41, 5.74) is 7.57. The Balaban J connectivity index is 1.76. The molecular weight excluding hydrogens is 270 g/mol. The number of para-hydroxylation sites is 1. The lowest BCUT2D eigenvalue weighted by Gasteiger charge is -2.07. The van der Waals surface area contributed by atoms with Gasteiger partial charge in [-0.3, -0.25) is 9.59 Å². The molecule has 1 heterocycles. The molecule has 1 amide bonds. The number of benzene rings is 1. The number of H-pyrrole nitrogens is 1. The van der Waals surface area contributed by atoms with Crippen LogP contribution < -0.4 is 11.1 Å². The number of aromatic amines is 1. The van der Waals surface area contributed by atoms with Gasteiger partial charge in [-0.2, -0.15) is 0 Å². The lowest BCUT2D eigenvalue weighted by Crippen LogP contribution is -2.33. The molecule has 0 saturated carbocycles. The first-order chi connectivity index (χ1) is 10.1. The molecule has 0 bridgehead atoms. The van der Waals surface area contributed by atoms with Gasteiger partial charge in [0.2, 0.25) is 5.91 Å². The van der Waals surface area contributed by atoms with Crippen molar-refractivity contribution in [1.29, 1.82) is 0 Å². The molecule has 0 fully saturated rings. The van der Waals surface area contributed by atoms with Crippen LogP contribution in [-0.2, 0) is 16.0 Å². The standard InChI is InChI=1S/C15H19N3O3/c16-12(15(20)21)5-6-14(19)17-8-7-10-9-18-13-4-2-1-3-11(10)13/h1-4,9,12,18H,5-8,16H2,(H,17,19)(H,20,21). The van der Waals surface area contributed by atoms with Crippen molar-refractivity contribution in [3.05, 3.63) is 36.0 Å². The summed E-state index contributed by atoms with van der Waals surface area (Å²) in [5, 5.41) is 12.6. The number of carboxylic acids is 1. The van der Waals surface area contributed by atoms with Gasteiger partial charge in [-0.1, -0.05) is 18.2 Å². The molecule has 21 heavy (non-hydrogen) atoms. The van der Waals surface area contributed by atoms with Gasteiger partial charge < -0.3 is 21.1 Å². The van der Waals surface area contributed by atoms with E-state index in [1.54, 1.807) is 0 Å². The first-order valence-corrected chi connectivity index (χ1v) is 6.88. The molecule has 0 spiro atoms. The van der Waals surface area contributed by atoms with E-state index in [-0.39, 0.29) is 18.7 Å². The van der Waals surface area contributed by atoms with E-state index in [9.17, 15) is 9.59 Å². The maximum Gasteiger partial charge on any atom is 0.320 e. The molecule has 112 valence electrons. The minimum Gasteiger partial charge on any atom is -0.480 e. The second-order valence-electron chi connectivity index (χ2n) is 4.94. The van der Waals surface area contributed by atoms with Crippen LogP contribution in [0.15, 0.2) is 30.5 Å². The smallest absolute Gasteiger partial charge is 0.320 e. The zero-order valence-corrected chi connectivity index (χ0v) is 11.6. The van der Waals surface area contributed by atoms with Crippen molar-refractivity contribution in [1.82, 2.24) is 10.3 Å². The van der Waals surface area contributed by atoms with Crippen LogP contribution >= 0.6 is 0 Å². The third kappa shape index (κ3) is 4.06. The number of aliphatic carboxylic acids is 1. The first-order valence-electron chi connectivity index (χ1n) is 6.88. The zero-order valence-electron chi connectivity index (χ0n) is 11.6. The largest absolute Gasteiger partial charge is 0.480 e. The summed E-state index contributed by atoms with van der Waals surface area (Å²) in [6, 6.07) is 7.01. The van der Waals surface area contributed by atoms with Gasteiger partial charge in [0.25, 0.3) is 0 Å². The Kier molecular flexibility index (Phi) is 4.94. The Morgan fingerprint density at radius 3 is 2.86 bits per heavy atom. The molecule has 6 heteroatoms. The molecule has 1 aromatic carbocycles. The summed E-state index contributed by atoms with van der Waals surface area (Å²) >= 11 is 0. The molecule has 0 aliphatic carbocycles. The molecule has 0 radical (unpaired) electrons. The third-order valence-corrected chi connectivity index (χ3v) is 3.39. The van der Waals surface area contributed by atoms with Crippen LogP contribution in [-0.4, -0.2) is 34.6 Å². The predicted molar refractivity (Wildman–Crippen MR) is 79.9 cm³/mol. The predicted octanol–water partition coefficient (Wildman–Crippen LogP) is 1.02. The maximum atomic E-state index is 11.6. The number of carboxylic acid groups (broad SMARTS) is 1. The molecule has 1 unspecified atom stereocenters. The summed E-state index contributed by atoms with van der Waals surface area (Å²) in [4.78, 5) is 25.3. The molecule has 5 N–H and O–H groups in total. The highest BCUT2D eigenvalue weighted by Crippen LogP contribution is 2.17. The lowest BCUT2D eigenvalue weighted by atomic mass is 10.1. The fourth-order valence-corrected chi connectivity index (χ4v) is 2.17. The summed E-state index contributed by atoms with van der Waals surface area (Å²) in [6.45, 7) is 0.517. The average molecular weight is 289 g/mol. The highest BCUT2D eigenvalue weighted by Gasteiger charge is 2.13. The molecular formula is C15H19N3O3. The van der Waals surface area contributed by atoms with Crippen LogP contribution in [0.2, 0.25) is 0 Å². The summed E-state index contributed by atoms with van der Waals surface area (Å²) in [5.74, 6) is -1.26. The van der Waals surface area contributed by atoms with Gasteiger partial charge in [-0.05, 0) is 24.5 Å². The van der Waals surface area contributed by atoms with E-state index in [4.69, 9.17) is 10.8 Å². The van der Waals surface area contributed by atoms with Gasteiger partial charge in [0.1, 0.15) is 6.04 Å². The van der Waals surface area contributed by atoms with E-state index < -0.39 is 12.0 Å². The number of nitrogens with two attached hydrogens (primary N) is 1. The average Bonchev–Trinajstić information content (AvgIpc) is 2.88. The molecule has 1 aromatic heterocycles. The van der Waals surface area contributed by atoms with E-state index in [2.05, 4.69) is 10.3 Å². The van der Waals surface area contributed by atoms with Crippen LogP contribution in [0.4, 0.5) is 0 Å². The lowest BCUT2D eigenvalue weighted by molar-refractivity contribution is -0.138. The fourth-order valence-electron chi connectivity index (χ4n) is 2.17. The highest BCUT2D eigenvalue weighted by atomic mass is 16.4. The van der Waals surface area contributed by atoms with E-state index in [1.807, 2.05) is 30.5 Å². The Bertz CT molecular complexity index is 636. The minimum atomic E-state index is -1.08. The number of aromatic nitrogens is 1. The summed E-state index contributed by atoms with van der Waals surface area (Å²) < 4.78 is 0. The van der Waals surface area contributed by atoms with Crippen molar-refractivity contribution in [2.75, 3.05) is 6.54 Å². The SMILES string of the molecule is NC(CCC(=O)NCCc1c[nH]c2ccccc12)C(=O)O. The summed E-state index contributed by atoms with van der Waals surface area (Å²) in [6.07, 6.45) is 2.94. The second kappa shape index (κ2) is 6.90. The molecule has 1 atom stereocenters. The number of carbonyl (C=O) groups is 2. The van der Waals surface area contributed by atoms with Crippen molar-refractivity contribution in [2.24, 2.45) is 5.73 Å². The molecule has 0 aliphatic heterocycles. The van der Waals surface area contributed by atoms with Gasteiger partial charge in [0.05, 0.1) is 0 Å². The number of rotatable bonds is 7. The fraction of sp³-hybridized carbons (Fsp3) is 0.333. The van der Waals surface area contributed by atoms with Crippen LogP contribution in [0, 0.1) is 0 Å². The highest BCUT2D eigenvalue weighted by molar-refractivity contribution is 5.83. The minimum absolute atomic E-state index is 0.126. The molecule has 2 aromatic rings. The Labute approximate surface area is 122 Å². The zero-order chi connectivity index (χ0) is 15.2. The number of fused-ring (bicyclic) bond motifs is 1. The monoisotopic (exact) mass is 289 g/mol. The van der Waals surface area contributed by atoms with E-state index in [0.29, 0.717) is 6.54 Å². The molecule has 6 nitrogen and oxygen atoms in total.